The van der Waals surface area contributed by atoms with Crippen molar-refractivity contribution >= 4 is 11.1 Å². The van der Waals surface area contributed by atoms with E-state index in [4.69, 9.17) is 0 Å². The second kappa shape index (κ2) is 4.00. The van der Waals surface area contributed by atoms with E-state index in [0.717, 1.165) is 16.8 Å². The van der Waals surface area contributed by atoms with Crippen molar-refractivity contribution in [2.75, 3.05) is 0 Å². The van der Waals surface area contributed by atoms with Crippen LogP contribution in [-0.2, 0) is 11.1 Å². The highest BCUT2D eigenvalue weighted by molar-refractivity contribution is 7.79. The highest BCUT2D eigenvalue weighted by atomic mass is 32.2. The zero-order valence-corrected chi connectivity index (χ0v) is 9.01. The van der Waals surface area contributed by atoms with Crippen LogP contribution in [0.2, 0.25) is 0 Å². The standard InChI is InChI=1S/C11H11NO2S/c1-8-11(9-5-3-2-4-6-9)10(7-12-8)15(13)14/h2-7,12H,1H3,(H,13,14)/p-1. The molecule has 0 radical (unpaired) electrons. The fourth-order valence-electron chi connectivity index (χ4n) is 1.60. The quantitative estimate of drug-likeness (QED) is 0.789. The molecule has 0 fully saturated rings. The lowest BCUT2D eigenvalue weighted by Gasteiger charge is -2.07. The number of aromatic amines is 1. The molecule has 78 valence electrons. The smallest absolute Gasteiger partial charge is 0.0504 e. The molecule has 0 aliphatic carbocycles. The van der Waals surface area contributed by atoms with E-state index < -0.39 is 11.1 Å². The molecule has 0 aliphatic heterocycles. The number of benzene rings is 1. The number of aromatic nitrogens is 1. The van der Waals surface area contributed by atoms with Crippen LogP contribution < -0.4 is 0 Å². The molecule has 1 heterocycles. The molecule has 2 rings (SSSR count). The summed E-state index contributed by atoms with van der Waals surface area (Å²) in [4.78, 5) is 3.24. The summed E-state index contributed by atoms with van der Waals surface area (Å²) in [6, 6.07) is 9.47. The van der Waals surface area contributed by atoms with Crippen molar-refractivity contribution in [1.29, 1.82) is 0 Å². The number of H-pyrrole nitrogens is 1. The van der Waals surface area contributed by atoms with Gasteiger partial charge in [0.25, 0.3) is 0 Å². The molecule has 1 atom stereocenters. The van der Waals surface area contributed by atoms with Crippen LogP contribution in [0.3, 0.4) is 0 Å². The fourth-order valence-corrected chi connectivity index (χ4v) is 2.19. The van der Waals surface area contributed by atoms with Gasteiger partial charge in [-0.25, -0.2) is 0 Å². The molecule has 4 heteroatoms. The van der Waals surface area contributed by atoms with E-state index in [1.807, 2.05) is 37.3 Å². The topological polar surface area (TPSA) is 55.9 Å². The monoisotopic (exact) mass is 220 g/mol. The van der Waals surface area contributed by atoms with Gasteiger partial charge in [0, 0.05) is 17.5 Å². The van der Waals surface area contributed by atoms with Gasteiger partial charge in [0.1, 0.15) is 0 Å². The van der Waals surface area contributed by atoms with Crippen LogP contribution in [0.1, 0.15) is 5.69 Å². The van der Waals surface area contributed by atoms with Gasteiger partial charge in [0.15, 0.2) is 0 Å². The number of hydrogen-bond acceptors (Lipinski definition) is 2. The molecule has 2 aromatic rings. The Morgan fingerprint density at radius 3 is 2.53 bits per heavy atom. The van der Waals surface area contributed by atoms with Gasteiger partial charge in [-0.15, -0.1) is 0 Å². The third kappa shape index (κ3) is 1.86. The average molecular weight is 220 g/mol. The zero-order valence-electron chi connectivity index (χ0n) is 8.19. The van der Waals surface area contributed by atoms with Crippen molar-refractivity contribution in [2.45, 2.75) is 11.8 Å². The molecule has 0 amide bonds. The Bertz CT molecular complexity index is 491. The van der Waals surface area contributed by atoms with E-state index in [1.54, 1.807) is 0 Å². The largest absolute Gasteiger partial charge is 0.768 e. The molecule has 0 saturated heterocycles. The third-order valence-corrected chi connectivity index (χ3v) is 2.96. The molecule has 3 nitrogen and oxygen atoms in total. The Morgan fingerprint density at radius 2 is 1.93 bits per heavy atom. The van der Waals surface area contributed by atoms with Gasteiger partial charge >= 0.3 is 0 Å². The first-order valence-corrected chi connectivity index (χ1v) is 5.60. The van der Waals surface area contributed by atoms with Crippen molar-refractivity contribution < 1.29 is 8.76 Å². The van der Waals surface area contributed by atoms with Crippen molar-refractivity contribution in [3.63, 3.8) is 0 Å². The first-order valence-electron chi connectivity index (χ1n) is 4.53. The summed E-state index contributed by atoms with van der Waals surface area (Å²) >= 11 is -2.20. The maximum absolute atomic E-state index is 11.0. The molecule has 15 heavy (non-hydrogen) atoms. The van der Waals surface area contributed by atoms with Crippen LogP contribution in [-0.4, -0.2) is 13.7 Å². The lowest BCUT2D eigenvalue weighted by Crippen LogP contribution is -1.89. The van der Waals surface area contributed by atoms with E-state index in [1.165, 1.54) is 6.20 Å². The highest BCUT2D eigenvalue weighted by Crippen LogP contribution is 2.28. The number of aryl methyl sites for hydroxylation is 1. The summed E-state index contributed by atoms with van der Waals surface area (Å²) in [5.74, 6) is 0. The minimum absolute atomic E-state index is 0.318. The van der Waals surface area contributed by atoms with Crippen LogP contribution in [0.15, 0.2) is 41.4 Å². The van der Waals surface area contributed by atoms with Gasteiger partial charge in [0.05, 0.1) is 4.90 Å². The van der Waals surface area contributed by atoms with Crippen molar-refractivity contribution in [3.8, 4) is 11.1 Å². The Kier molecular flexibility index (Phi) is 2.70. The molecule has 0 spiro atoms. The van der Waals surface area contributed by atoms with E-state index in [9.17, 15) is 8.76 Å². The second-order valence-corrected chi connectivity index (χ2v) is 4.16. The first-order chi connectivity index (χ1) is 7.20. The van der Waals surface area contributed by atoms with Crippen LogP contribution in [0.4, 0.5) is 0 Å². The fraction of sp³-hybridized carbons (Fsp3) is 0.0909. The Balaban J connectivity index is 2.62. The molecule has 1 aromatic carbocycles. The van der Waals surface area contributed by atoms with Gasteiger partial charge in [-0.1, -0.05) is 30.3 Å². The van der Waals surface area contributed by atoms with E-state index >= 15 is 0 Å². The molecule has 0 bridgehead atoms. The molecule has 1 N–H and O–H groups in total. The predicted molar refractivity (Wildman–Crippen MR) is 58.2 cm³/mol. The summed E-state index contributed by atoms with van der Waals surface area (Å²) in [5.41, 5.74) is 2.53. The van der Waals surface area contributed by atoms with Gasteiger partial charge in [-0.2, -0.15) is 0 Å². The van der Waals surface area contributed by atoms with Crippen molar-refractivity contribution in [2.24, 2.45) is 0 Å². The lowest BCUT2D eigenvalue weighted by atomic mass is 10.1. The van der Waals surface area contributed by atoms with Crippen LogP contribution >= 0.6 is 0 Å². The molecule has 0 aliphatic rings. The predicted octanol–water partition coefficient (Wildman–Crippen LogP) is 2.23. The Labute approximate surface area is 90.4 Å². The zero-order chi connectivity index (χ0) is 10.8. The van der Waals surface area contributed by atoms with E-state index in [0.29, 0.717) is 4.90 Å². The van der Waals surface area contributed by atoms with E-state index in [2.05, 4.69) is 4.98 Å². The summed E-state index contributed by atoms with van der Waals surface area (Å²) in [6.45, 7) is 1.86. The molecule has 0 saturated carbocycles. The maximum atomic E-state index is 11.0. The minimum Gasteiger partial charge on any atom is -0.768 e. The SMILES string of the molecule is Cc1[nH]cc(S(=O)[O-])c1-c1ccccc1. The lowest BCUT2D eigenvalue weighted by molar-refractivity contribution is 0.537. The third-order valence-electron chi connectivity index (χ3n) is 2.28. The summed E-state index contributed by atoms with van der Waals surface area (Å²) < 4.78 is 22.0. The molecule has 1 unspecified atom stereocenters. The van der Waals surface area contributed by atoms with Gasteiger partial charge in [-0.3, -0.25) is 4.21 Å². The maximum Gasteiger partial charge on any atom is 0.0504 e. The average Bonchev–Trinajstić information content (AvgIpc) is 2.61. The van der Waals surface area contributed by atoms with Gasteiger partial charge in [-0.05, 0) is 23.6 Å². The van der Waals surface area contributed by atoms with Crippen LogP contribution in [0.5, 0.6) is 0 Å². The normalized spacial score (nSPS) is 12.7. The minimum atomic E-state index is -2.20. The van der Waals surface area contributed by atoms with Crippen molar-refractivity contribution in [3.05, 3.63) is 42.2 Å². The molecular weight excluding hydrogens is 210 g/mol. The number of hydrogen-bond donors (Lipinski definition) is 1. The summed E-state index contributed by atoms with van der Waals surface area (Å²) in [7, 11) is 0. The Hall–Kier alpha value is -1.39. The van der Waals surface area contributed by atoms with E-state index in [-0.39, 0.29) is 0 Å². The molecular formula is C11H10NO2S-. The highest BCUT2D eigenvalue weighted by Gasteiger charge is 2.10. The van der Waals surface area contributed by atoms with Gasteiger partial charge < -0.3 is 9.54 Å². The van der Waals surface area contributed by atoms with Crippen molar-refractivity contribution in [1.82, 2.24) is 4.98 Å². The number of nitrogens with one attached hydrogen (secondary N) is 1. The second-order valence-electron chi connectivity index (χ2n) is 3.25. The van der Waals surface area contributed by atoms with Crippen LogP contribution in [0, 0.1) is 6.92 Å². The van der Waals surface area contributed by atoms with Gasteiger partial charge in [0.2, 0.25) is 0 Å². The number of rotatable bonds is 2. The summed E-state index contributed by atoms with van der Waals surface area (Å²) in [6.07, 6.45) is 1.51. The Morgan fingerprint density at radius 1 is 1.27 bits per heavy atom. The van der Waals surface area contributed by atoms with Crippen LogP contribution in [0.25, 0.3) is 11.1 Å². The summed E-state index contributed by atoms with van der Waals surface area (Å²) in [5, 5.41) is 0. The molecule has 1 aromatic heterocycles. The first kappa shape index (κ1) is 10.1.